The number of hydrogen-bond acceptors (Lipinski definition) is 3. The lowest BCUT2D eigenvalue weighted by atomic mass is 10.1. The van der Waals surface area contributed by atoms with Gasteiger partial charge < -0.3 is 10.5 Å². The number of nitrogens with zero attached hydrogens (tertiary/aromatic N) is 1. The molecule has 20 heavy (non-hydrogen) atoms. The number of aromatic nitrogens is 1. The quantitative estimate of drug-likeness (QED) is 0.898. The zero-order chi connectivity index (χ0) is 14.5. The standard InChI is InChI=1S/C16H19BrN2O/c1-3-14(18)16(15-6-4-5-9-19-15)20-12-7-8-13(17)11(2)10-12/h4-10,14,16H,3,18H2,1-2H3. The van der Waals surface area contributed by atoms with Crippen molar-refractivity contribution in [1.29, 1.82) is 0 Å². The van der Waals surface area contributed by atoms with Crippen LogP contribution >= 0.6 is 15.9 Å². The van der Waals surface area contributed by atoms with Crippen LogP contribution in [0.4, 0.5) is 0 Å². The molecule has 0 spiro atoms. The van der Waals surface area contributed by atoms with Crippen molar-refractivity contribution in [3.63, 3.8) is 0 Å². The first-order chi connectivity index (χ1) is 9.61. The van der Waals surface area contributed by atoms with Crippen LogP contribution in [0.2, 0.25) is 0 Å². The first-order valence-corrected chi connectivity index (χ1v) is 7.50. The molecular formula is C16H19BrN2O. The molecule has 0 saturated carbocycles. The van der Waals surface area contributed by atoms with Crippen LogP contribution in [0.5, 0.6) is 5.75 Å². The molecule has 0 aliphatic rings. The first kappa shape index (κ1) is 15.0. The van der Waals surface area contributed by atoms with Crippen LogP contribution in [-0.2, 0) is 0 Å². The minimum absolute atomic E-state index is 0.0890. The summed E-state index contributed by atoms with van der Waals surface area (Å²) in [5.41, 5.74) is 8.19. The maximum Gasteiger partial charge on any atom is 0.155 e. The molecule has 0 aliphatic carbocycles. The lowest BCUT2D eigenvalue weighted by Gasteiger charge is -2.24. The number of halogens is 1. The Bertz CT molecular complexity index is 560. The van der Waals surface area contributed by atoms with E-state index in [4.69, 9.17) is 10.5 Å². The molecule has 2 rings (SSSR count). The summed E-state index contributed by atoms with van der Waals surface area (Å²) >= 11 is 3.49. The van der Waals surface area contributed by atoms with Crippen LogP contribution in [0, 0.1) is 6.92 Å². The molecule has 1 aromatic heterocycles. The van der Waals surface area contributed by atoms with Gasteiger partial charge in [-0.05, 0) is 49.2 Å². The Kier molecular flexibility index (Phi) is 5.15. The molecule has 0 bridgehead atoms. The summed E-state index contributed by atoms with van der Waals surface area (Å²) < 4.78 is 7.15. The first-order valence-electron chi connectivity index (χ1n) is 6.71. The van der Waals surface area contributed by atoms with Gasteiger partial charge in [0, 0.05) is 16.7 Å². The van der Waals surface area contributed by atoms with Crippen LogP contribution in [0.3, 0.4) is 0 Å². The third-order valence-corrected chi connectivity index (χ3v) is 4.12. The van der Waals surface area contributed by atoms with Crippen molar-refractivity contribution < 1.29 is 4.74 Å². The summed E-state index contributed by atoms with van der Waals surface area (Å²) in [6, 6.07) is 11.6. The van der Waals surface area contributed by atoms with E-state index in [1.54, 1.807) is 6.20 Å². The summed E-state index contributed by atoms with van der Waals surface area (Å²) in [5, 5.41) is 0. The van der Waals surface area contributed by atoms with Crippen molar-refractivity contribution in [2.45, 2.75) is 32.4 Å². The molecule has 2 unspecified atom stereocenters. The van der Waals surface area contributed by atoms with Gasteiger partial charge in [-0.2, -0.15) is 0 Å². The van der Waals surface area contributed by atoms with Crippen molar-refractivity contribution in [2.75, 3.05) is 0 Å². The minimum atomic E-state index is -0.234. The average molecular weight is 335 g/mol. The van der Waals surface area contributed by atoms with Gasteiger partial charge in [-0.3, -0.25) is 4.98 Å². The largest absolute Gasteiger partial charge is 0.482 e. The number of aryl methyl sites for hydroxylation is 1. The second-order valence-electron chi connectivity index (χ2n) is 4.78. The number of nitrogens with two attached hydrogens (primary N) is 1. The highest BCUT2D eigenvalue weighted by molar-refractivity contribution is 9.10. The van der Waals surface area contributed by atoms with E-state index in [1.807, 2.05) is 43.3 Å². The Morgan fingerprint density at radius 2 is 2.10 bits per heavy atom. The molecule has 0 fully saturated rings. The summed E-state index contributed by atoms with van der Waals surface area (Å²) in [7, 11) is 0. The van der Waals surface area contributed by atoms with Gasteiger partial charge in [-0.25, -0.2) is 0 Å². The van der Waals surface area contributed by atoms with Gasteiger partial charge >= 0.3 is 0 Å². The molecule has 0 radical (unpaired) electrons. The molecule has 2 N–H and O–H groups in total. The second kappa shape index (κ2) is 6.86. The SMILES string of the molecule is CCC(N)C(Oc1ccc(Br)c(C)c1)c1ccccn1. The normalized spacial score (nSPS) is 13.8. The summed E-state index contributed by atoms with van der Waals surface area (Å²) in [5.74, 6) is 0.810. The van der Waals surface area contributed by atoms with Crippen LogP contribution in [0.15, 0.2) is 47.1 Å². The van der Waals surface area contributed by atoms with E-state index in [1.165, 1.54) is 0 Å². The Hall–Kier alpha value is -1.39. The van der Waals surface area contributed by atoms with Crippen molar-refractivity contribution in [1.82, 2.24) is 4.98 Å². The van der Waals surface area contributed by atoms with Crippen molar-refractivity contribution >= 4 is 15.9 Å². The van der Waals surface area contributed by atoms with Crippen LogP contribution < -0.4 is 10.5 Å². The van der Waals surface area contributed by atoms with E-state index in [0.29, 0.717) is 0 Å². The van der Waals surface area contributed by atoms with E-state index in [2.05, 4.69) is 27.8 Å². The highest BCUT2D eigenvalue weighted by Crippen LogP contribution is 2.27. The number of rotatable bonds is 5. The Balaban J connectivity index is 2.26. The van der Waals surface area contributed by atoms with Gasteiger partial charge in [0.2, 0.25) is 0 Å². The predicted molar refractivity (Wildman–Crippen MR) is 84.8 cm³/mol. The number of pyridine rings is 1. The Labute approximate surface area is 128 Å². The molecule has 2 atom stereocenters. The molecule has 1 heterocycles. The maximum atomic E-state index is 6.19. The van der Waals surface area contributed by atoms with E-state index < -0.39 is 0 Å². The highest BCUT2D eigenvalue weighted by Gasteiger charge is 2.21. The van der Waals surface area contributed by atoms with Gasteiger partial charge in [0.25, 0.3) is 0 Å². The molecule has 0 amide bonds. The van der Waals surface area contributed by atoms with Gasteiger partial charge in [0.15, 0.2) is 6.10 Å². The van der Waals surface area contributed by atoms with Gasteiger partial charge in [0.1, 0.15) is 5.75 Å². The number of hydrogen-bond donors (Lipinski definition) is 1. The van der Waals surface area contributed by atoms with Crippen LogP contribution in [0.25, 0.3) is 0 Å². The predicted octanol–water partition coefficient (Wildman–Crippen LogP) is 4.01. The lowest BCUT2D eigenvalue weighted by Crippen LogP contribution is -2.32. The molecule has 0 aliphatic heterocycles. The van der Waals surface area contributed by atoms with Crippen LogP contribution in [0.1, 0.15) is 30.7 Å². The Morgan fingerprint density at radius 1 is 1.30 bits per heavy atom. The fourth-order valence-corrected chi connectivity index (χ4v) is 2.21. The van der Waals surface area contributed by atoms with E-state index in [-0.39, 0.29) is 12.1 Å². The van der Waals surface area contributed by atoms with Crippen molar-refractivity contribution in [2.24, 2.45) is 5.73 Å². The molecule has 3 nitrogen and oxygen atoms in total. The van der Waals surface area contributed by atoms with E-state index in [0.717, 1.165) is 27.9 Å². The Morgan fingerprint density at radius 3 is 2.70 bits per heavy atom. The van der Waals surface area contributed by atoms with Crippen molar-refractivity contribution in [3.05, 3.63) is 58.3 Å². The molecule has 4 heteroatoms. The second-order valence-corrected chi connectivity index (χ2v) is 5.63. The molecule has 1 aromatic carbocycles. The molecule has 106 valence electrons. The van der Waals surface area contributed by atoms with Crippen LogP contribution in [-0.4, -0.2) is 11.0 Å². The number of ether oxygens (including phenoxy) is 1. The zero-order valence-corrected chi connectivity index (χ0v) is 13.3. The zero-order valence-electron chi connectivity index (χ0n) is 11.7. The maximum absolute atomic E-state index is 6.19. The summed E-state index contributed by atoms with van der Waals surface area (Å²) in [4.78, 5) is 4.37. The summed E-state index contributed by atoms with van der Waals surface area (Å²) in [6.07, 6.45) is 2.36. The monoisotopic (exact) mass is 334 g/mol. The molecule has 2 aromatic rings. The molecular weight excluding hydrogens is 316 g/mol. The fourth-order valence-electron chi connectivity index (χ4n) is 1.96. The van der Waals surface area contributed by atoms with Gasteiger partial charge in [-0.1, -0.05) is 28.9 Å². The summed E-state index contributed by atoms with van der Waals surface area (Å²) in [6.45, 7) is 4.09. The van der Waals surface area contributed by atoms with E-state index >= 15 is 0 Å². The van der Waals surface area contributed by atoms with Crippen molar-refractivity contribution in [3.8, 4) is 5.75 Å². The number of benzene rings is 1. The van der Waals surface area contributed by atoms with Gasteiger partial charge in [0.05, 0.1) is 5.69 Å². The fraction of sp³-hybridized carbons (Fsp3) is 0.312. The topological polar surface area (TPSA) is 48.1 Å². The minimum Gasteiger partial charge on any atom is -0.482 e. The average Bonchev–Trinajstić information content (AvgIpc) is 2.48. The highest BCUT2D eigenvalue weighted by atomic mass is 79.9. The van der Waals surface area contributed by atoms with E-state index in [9.17, 15) is 0 Å². The third-order valence-electron chi connectivity index (χ3n) is 3.23. The lowest BCUT2D eigenvalue weighted by molar-refractivity contribution is 0.166. The van der Waals surface area contributed by atoms with Gasteiger partial charge in [-0.15, -0.1) is 0 Å². The molecule has 0 saturated heterocycles. The third kappa shape index (κ3) is 3.58. The smallest absolute Gasteiger partial charge is 0.155 e.